The topological polar surface area (TPSA) is 67.9 Å². The molecule has 0 aromatic heterocycles. The van der Waals surface area contributed by atoms with E-state index < -0.39 is 12.1 Å². The highest BCUT2D eigenvalue weighted by molar-refractivity contribution is 5.92. The second-order valence-electron chi connectivity index (χ2n) is 5.16. The zero-order valence-corrected chi connectivity index (χ0v) is 12.0. The summed E-state index contributed by atoms with van der Waals surface area (Å²) in [4.78, 5) is 25.6. The van der Waals surface area contributed by atoms with Crippen LogP contribution in [0.3, 0.4) is 0 Å². The lowest BCUT2D eigenvalue weighted by molar-refractivity contribution is -0.142. The van der Waals surface area contributed by atoms with Gasteiger partial charge < -0.3 is 9.47 Å². The summed E-state index contributed by atoms with van der Waals surface area (Å²) in [5.41, 5.74) is 1.91. The minimum Gasteiger partial charge on any atom is -0.468 e. The molecule has 0 spiro atoms. The third-order valence-corrected chi connectivity index (χ3v) is 4.07. The number of carbonyl (C=O) groups is 2. The first kappa shape index (κ1) is 13.9. The molecule has 6 heteroatoms. The molecule has 1 N–H and O–H groups in total. The van der Waals surface area contributed by atoms with Crippen LogP contribution in [0.15, 0.2) is 24.3 Å². The molecule has 2 heterocycles. The molecule has 2 aliphatic heterocycles. The van der Waals surface area contributed by atoms with Crippen molar-refractivity contribution in [2.75, 3.05) is 18.6 Å². The molecule has 0 radical (unpaired) electrons. The van der Waals surface area contributed by atoms with E-state index in [1.807, 2.05) is 24.3 Å². The molecule has 1 saturated heterocycles. The Kier molecular flexibility index (Phi) is 3.55. The van der Waals surface area contributed by atoms with Crippen LogP contribution in [-0.4, -0.2) is 38.0 Å². The van der Waals surface area contributed by atoms with Crippen molar-refractivity contribution in [2.45, 2.75) is 31.5 Å². The van der Waals surface area contributed by atoms with Crippen molar-refractivity contribution in [3.8, 4) is 0 Å². The Morgan fingerprint density at radius 1 is 1.38 bits per heavy atom. The lowest BCUT2D eigenvalue weighted by Crippen LogP contribution is -2.48. The minimum absolute atomic E-state index is 0.0784. The van der Waals surface area contributed by atoms with E-state index >= 15 is 0 Å². The molecule has 6 nitrogen and oxygen atoms in total. The van der Waals surface area contributed by atoms with Gasteiger partial charge >= 0.3 is 12.1 Å². The number of ether oxygens (including phenoxy) is 2. The van der Waals surface area contributed by atoms with Crippen molar-refractivity contribution < 1.29 is 19.1 Å². The van der Waals surface area contributed by atoms with Crippen LogP contribution in [0.25, 0.3) is 0 Å². The molecule has 1 fully saturated rings. The van der Waals surface area contributed by atoms with Crippen LogP contribution in [0.4, 0.5) is 10.5 Å². The first-order valence-electron chi connectivity index (χ1n) is 7.06. The fourth-order valence-electron chi connectivity index (χ4n) is 3.21. The predicted octanol–water partition coefficient (Wildman–Crippen LogP) is 1.61. The van der Waals surface area contributed by atoms with Crippen molar-refractivity contribution in [3.63, 3.8) is 0 Å². The lowest BCUT2D eigenvalue weighted by atomic mass is 9.96. The van der Waals surface area contributed by atoms with Crippen LogP contribution in [0.1, 0.15) is 24.8 Å². The molecular weight excluding hydrogens is 272 g/mol. The van der Waals surface area contributed by atoms with E-state index in [4.69, 9.17) is 9.47 Å². The summed E-state index contributed by atoms with van der Waals surface area (Å²) in [5.74, 6) is -0.222. The number of esters is 1. The molecule has 3 rings (SSSR count). The van der Waals surface area contributed by atoms with Crippen molar-refractivity contribution >= 4 is 17.7 Å². The molecule has 112 valence electrons. The number of hydrogen-bond acceptors (Lipinski definition) is 5. The van der Waals surface area contributed by atoms with Crippen molar-refractivity contribution in [1.29, 1.82) is 0 Å². The van der Waals surface area contributed by atoms with E-state index in [2.05, 4.69) is 5.32 Å². The number of fused-ring (bicyclic) bond motifs is 3. The van der Waals surface area contributed by atoms with Gasteiger partial charge in [0.15, 0.2) is 0 Å². The SMILES string of the molecule is CCOC(=O)N1c2ccccc2C2CC(C(=O)OC)NC21. The van der Waals surface area contributed by atoms with Gasteiger partial charge in [-0.15, -0.1) is 0 Å². The Balaban J connectivity index is 1.93. The molecule has 2 aliphatic rings. The number of nitrogens with zero attached hydrogens (tertiary/aromatic N) is 1. The van der Waals surface area contributed by atoms with Crippen LogP contribution in [0, 0.1) is 0 Å². The van der Waals surface area contributed by atoms with Crippen LogP contribution >= 0.6 is 0 Å². The van der Waals surface area contributed by atoms with Gasteiger partial charge in [0.2, 0.25) is 0 Å². The van der Waals surface area contributed by atoms with E-state index in [0.29, 0.717) is 13.0 Å². The fraction of sp³-hybridized carbons (Fsp3) is 0.467. The van der Waals surface area contributed by atoms with Crippen LogP contribution in [0.5, 0.6) is 0 Å². The molecule has 21 heavy (non-hydrogen) atoms. The highest BCUT2D eigenvalue weighted by atomic mass is 16.6. The summed E-state index contributed by atoms with van der Waals surface area (Å²) in [7, 11) is 1.37. The van der Waals surface area contributed by atoms with Gasteiger partial charge in [-0.1, -0.05) is 18.2 Å². The minimum atomic E-state index is -0.393. The maximum absolute atomic E-state index is 12.2. The number of para-hydroxylation sites is 1. The first-order chi connectivity index (χ1) is 10.2. The average Bonchev–Trinajstić information content (AvgIpc) is 3.03. The summed E-state index contributed by atoms with van der Waals surface area (Å²) in [5, 5.41) is 3.19. The van der Waals surface area contributed by atoms with Gasteiger partial charge in [0, 0.05) is 5.92 Å². The Bertz CT molecular complexity index is 575. The molecular formula is C15H18N2O4. The number of nitrogens with one attached hydrogen (secondary N) is 1. The summed E-state index contributed by atoms with van der Waals surface area (Å²) in [6.45, 7) is 2.09. The molecule has 0 bridgehead atoms. The lowest BCUT2D eigenvalue weighted by Gasteiger charge is -2.24. The molecule has 1 aromatic rings. The predicted molar refractivity (Wildman–Crippen MR) is 76.0 cm³/mol. The van der Waals surface area contributed by atoms with Gasteiger partial charge in [0.05, 0.1) is 25.6 Å². The summed E-state index contributed by atoms with van der Waals surface area (Å²) in [6.07, 6.45) is -0.0365. The van der Waals surface area contributed by atoms with Gasteiger partial charge in [-0.25, -0.2) is 4.79 Å². The van der Waals surface area contributed by atoms with Gasteiger partial charge in [-0.05, 0) is 25.0 Å². The monoisotopic (exact) mass is 290 g/mol. The molecule has 3 atom stereocenters. The largest absolute Gasteiger partial charge is 0.468 e. The molecule has 0 aliphatic carbocycles. The zero-order valence-electron chi connectivity index (χ0n) is 12.0. The molecule has 1 aromatic carbocycles. The number of amides is 1. The van der Waals surface area contributed by atoms with Gasteiger partial charge in [0.25, 0.3) is 0 Å². The summed E-state index contributed by atoms with van der Waals surface area (Å²) in [6, 6.07) is 7.34. The van der Waals surface area contributed by atoms with Gasteiger partial charge in [-0.2, -0.15) is 0 Å². The Labute approximate surface area is 123 Å². The van der Waals surface area contributed by atoms with E-state index in [0.717, 1.165) is 11.3 Å². The van der Waals surface area contributed by atoms with E-state index in [9.17, 15) is 9.59 Å². The number of hydrogen-bond donors (Lipinski definition) is 1. The summed E-state index contributed by atoms with van der Waals surface area (Å²) >= 11 is 0. The Morgan fingerprint density at radius 3 is 2.86 bits per heavy atom. The number of anilines is 1. The third-order valence-electron chi connectivity index (χ3n) is 4.07. The van der Waals surface area contributed by atoms with Crippen LogP contribution in [-0.2, 0) is 14.3 Å². The quantitative estimate of drug-likeness (QED) is 0.838. The zero-order chi connectivity index (χ0) is 15.0. The number of rotatable bonds is 2. The first-order valence-corrected chi connectivity index (χ1v) is 7.06. The second-order valence-corrected chi connectivity index (χ2v) is 5.16. The highest BCUT2D eigenvalue weighted by Crippen LogP contribution is 2.45. The van der Waals surface area contributed by atoms with Crippen molar-refractivity contribution in [1.82, 2.24) is 5.32 Å². The second kappa shape index (κ2) is 5.37. The smallest absolute Gasteiger partial charge is 0.415 e. The van der Waals surface area contributed by atoms with Gasteiger partial charge in [-0.3, -0.25) is 15.0 Å². The van der Waals surface area contributed by atoms with E-state index in [1.54, 1.807) is 11.8 Å². The molecule has 1 amide bonds. The maximum atomic E-state index is 12.2. The highest BCUT2D eigenvalue weighted by Gasteiger charge is 2.49. The fourth-order valence-corrected chi connectivity index (χ4v) is 3.21. The van der Waals surface area contributed by atoms with Crippen molar-refractivity contribution in [3.05, 3.63) is 29.8 Å². The van der Waals surface area contributed by atoms with E-state index in [-0.39, 0.29) is 18.1 Å². The average molecular weight is 290 g/mol. The number of methoxy groups -OCH3 is 1. The van der Waals surface area contributed by atoms with Crippen molar-refractivity contribution in [2.24, 2.45) is 0 Å². The van der Waals surface area contributed by atoms with E-state index in [1.165, 1.54) is 7.11 Å². The number of benzene rings is 1. The maximum Gasteiger partial charge on any atom is 0.415 e. The Hall–Kier alpha value is -2.08. The normalized spacial score (nSPS) is 26.2. The van der Waals surface area contributed by atoms with Crippen LogP contribution in [0.2, 0.25) is 0 Å². The van der Waals surface area contributed by atoms with Crippen LogP contribution < -0.4 is 10.2 Å². The molecule has 0 saturated carbocycles. The third kappa shape index (κ3) is 2.15. The van der Waals surface area contributed by atoms with Gasteiger partial charge in [0.1, 0.15) is 6.04 Å². The standard InChI is InChI=1S/C15H18N2O4/c1-3-21-15(19)17-12-7-5-4-6-9(12)10-8-11(14(18)20-2)16-13(10)17/h4-7,10-11,13,16H,3,8H2,1-2H3. The Morgan fingerprint density at radius 2 is 2.14 bits per heavy atom. The number of carbonyl (C=O) groups excluding carboxylic acids is 2. The molecule has 3 unspecified atom stereocenters. The summed E-state index contributed by atoms with van der Waals surface area (Å²) < 4.78 is 9.94.